The Morgan fingerprint density at radius 2 is 1.81 bits per heavy atom. The predicted octanol–water partition coefficient (Wildman–Crippen LogP) is -2.54. The molecule has 1 saturated heterocycles. The standard InChI is InChI=1S/C13H16O8/c1-5-8(15)11(18)12(19)13(20,21-5)4-6-2-3-7(14)10(17)9(6)16/h2-3,5-6,8,11-12,15,18-20H,4H2,1H3/t5-,6?,8-,11+,12+,13+/m0/s1. The first-order valence-electron chi connectivity index (χ1n) is 6.42. The highest BCUT2D eigenvalue weighted by atomic mass is 16.7. The fourth-order valence-corrected chi connectivity index (χ4v) is 2.49. The summed E-state index contributed by atoms with van der Waals surface area (Å²) in [6, 6.07) is 0. The van der Waals surface area contributed by atoms with E-state index in [2.05, 4.69) is 0 Å². The van der Waals surface area contributed by atoms with E-state index in [1.54, 1.807) is 0 Å². The van der Waals surface area contributed by atoms with Gasteiger partial charge in [-0.25, -0.2) is 0 Å². The average Bonchev–Trinajstić information content (AvgIpc) is 2.44. The van der Waals surface area contributed by atoms with Crippen LogP contribution in [-0.4, -0.2) is 68.0 Å². The van der Waals surface area contributed by atoms with Crippen molar-refractivity contribution in [3.63, 3.8) is 0 Å². The third kappa shape index (κ3) is 2.68. The lowest BCUT2D eigenvalue weighted by Crippen LogP contribution is -2.64. The molecule has 8 heteroatoms. The van der Waals surface area contributed by atoms with Crippen molar-refractivity contribution >= 4 is 17.3 Å². The Kier molecular flexibility index (Phi) is 4.09. The second-order valence-corrected chi connectivity index (χ2v) is 5.32. The average molecular weight is 300 g/mol. The minimum atomic E-state index is -2.32. The fraction of sp³-hybridized carbons (Fsp3) is 0.615. The Balaban J connectivity index is 2.21. The van der Waals surface area contributed by atoms with Crippen LogP contribution in [0.1, 0.15) is 13.3 Å². The van der Waals surface area contributed by atoms with Crippen LogP contribution >= 0.6 is 0 Å². The van der Waals surface area contributed by atoms with Crippen molar-refractivity contribution in [1.82, 2.24) is 0 Å². The summed E-state index contributed by atoms with van der Waals surface area (Å²) < 4.78 is 5.10. The molecule has 2 aliphatic rings. The normalized spacial score (nSPS) is 44.2. The van der Waals surface area contributed by atoms with E-state index in [1.807, 2.05) is 0 Å². The van der Waals surface area contributed by atoms with Gasteiger partial charge in [-0.2, -0.15) is 0 Å². The Labute approximate surface area is 119 Å². The predicted molar refractivity (Wildman–Crippen MR) is 65.8 cm³/mol. The molecule has 0 saturated carbocycles. The molecular weight excluding hydrogens is 284 g/mol. The zero-order valence-electron chi connectivity index (χ0n) is 11.2. The van der Waals surface area contributed by atoms with Crippen LogP contribution in [0.5, 0.6) is 0 Å². The molecule has 0 spiro atoms. The SMILES string of the molecule is C[C@@H]1O[C@](O)(CC2C=CC(=O)C(=O)C2=O)[C@H](O)[C@H](O)[C@H]1O. The van der Waals surface area contributed by atoms with Crippen LogP contribution in [0.4, 0.5) is 0 Å². The van der Waals surface area contributed by atoms with Gasteiger partial charge in [-0.1, -0.05) is 6.08 Å². The van der Waals surface area contributed by atoms with Gasteiger partial charge in [0.1, 0.15) is 18.3 Å². The number of carbonyl (C=O) groups excluding carboxylic acids is 3. The number of rotatable bonds is 2. The number of aliphatic hydroxyl groups excluding tert-OH is 3. The molecule has 8 nitrogen and oxygen atoms in total. The zero-order chi connectivity index (χ0) is 15.9. The summed E-state index contributed by atoms with van der Waals surface area (Å²) in [5, 5.41) is 39.4. The van der Waals surface area contributed by atoms with Gasteiger partial charge in [-0.15, -0.1) is 0 Å². The summed E-state index contributed by atoms with van der Waals surface area (Å²) in [5.41, 5.74) is 0. The van der Waals surface area contributed by atoms with E-state index in [9.17, 15) is 34.8 Å². The number of ether oxygens (including phenoxy) is 1. The van der Waals surface area contributed by atoms with Crippen LogP contribution in [0.15, 0.2) is 12.2 Å². The maximum atomic E-state index is 11.7. The second-order valence-electron chi connectivity index (χ2n) is 5.32. The molecule has 0 aromatic rings. The van der Waals surface area contributed by atoms with E-state index in [0.29, 0.717) is 0 Å². The maximum Gasteiger partial charge on any atom is 0.268 e. The summed E-state index contributed by atoms with van der Waals surface area (Å²) in [7, 11) is 0. The van der Waals surface area contributed by atoms with Crippen molar-refractivity contribution in [2.75, 3.05) is 0 Å². The van der Waals surface area contributed by atoms with Gasteiger partial charge in [-0.3, -0.25) is 14.4 Å². The van der Waals surface area contributed by atoms with Crippen LogP contribution in [0.2, 0.25) is 0 Å². The fourth-order valence-electron chi connectivity index (χ4n) is 2.49. The molecule has 6 atom stereocenters. The second kappa shape index (κ2) is 5.39. The summed E-state index contributed by atoms with van der Waals surface area (Å²) in [6.45, 7) is 1.37. The molecule has 21 heavy (non-hydrogen) atoms. The molecule has 4 N–H and O–H groups in total. The van der Waals surface area contributed by atoms with Gasteiger partial charge < -0.3 is 25.2 Å². The lowest BCUT2D eigenvalue weighted by molar-refractivity contribution is -0.346. The van der Waals surface area contributed by atoms with E-state index >= 15 is 0 Å². The van der Waals surface area contributed by atoms with E-state index in [0.717, 1.165) is 12.2 Å². The maximum absolute atomic E-state index is 11.7. The van der Waals surface area contributed by atoms with Gasteiger partial charge in [0, 0.05) is 12.3 Å². The number of carbonyl (C=O) groups is 3. The van der Waals surface area contributed by atoms with Gasteiger partial charge in [0.05, 0.1) is 6.10 Å². The van der Waals surface area contributed by atoms with Gasteiger partial charge in [0.2, 0.25) is 11.6 Å². The monoisotopic (exact) mass is 300 g/mol. The van der Waals surface area contributed by atoms with Gasteiger partial charge in [-0.05, 0) is 13.0 Å². The molecule has 0 aromatic carbocycles. The van der Waals surface area contributed by atoms with Crippen molar-refractivity contribution in [3.8, 4) is 0 Å². The van der Waals surface area contributed by atoms with Crippen molar-refractivity contribution in [2.45, 2.75) is 43.5 Å². The molecule has 1 heterocycles. The van der Waals surface area contributed by atoms with Crippen LogP contribution in [0.25, 0.3) is 0 Å². The molecule has 1 aliphatic carbocycles. The minimum Gasteiger partial charge on any atom is -0.388 e. The highest BCUT2D eigenvalue weighted by Crippen LogP contribution is 2.34. The van der Waals surface area contributed by atoms with E-state index in [4.69, 9.17) is 4.74 Å². The molecule has 0 amide bonds. The number of aliphatic hydroxyl groups is 4. The zero-order valence-corrected chi connectivity index (χ0v) is 11.2. The van der Waals surface area contributed by atoms with Gasteiger partial charge in [0.15, 0.2) is 5.79 Å². The Hall–Kier alpha value is -1.45. The topological polar surface area (TPSA) is 141 Å². The first-order valence-corrected chi connectivity index (χ1v) is 6.42. The van der Waals surface area contributed by atoms with E-state index in [-0.39, 0.29) is 0 Å². The summed E-state index contributed by atoms with van der Waals surface area (Å²) >= 11 is 0. The van der Waals surface area contributed by atoms with E-state index in [1.165, 1.54) is 6.92 Å². The van der Waals surface area contributed by atoms with Crippen LogP contribution < -0.4 is 0 Å². The summed E-state index contributed by atoms with van der Waals surface area (Å²) in [6.07, 6.45) is -4.38. The van der Waals surface area contributed by atoms with Crippen LogP contribution in [-0.2, 0) is 19.1 Å². The summed E-state index contributed by atoms with van der Waals surface area (Å²) in [5.74, 6) is -6.63. The number of allylic oxidation sites excluding steroid dienone is 2. The number of Topliss-reactive ketones (excluding diaryl/α,β-unsaturated/α-hetero) is 2. The minimum absolute atomic E-state index is 0.517. The largest absolute Gasteiger partial charge is 0.388 e. The smallest absolute Gasteiger partial charge is 0.268 e. The molecule has 0 bridgehead atoms. The molecule has 1 aliphatic heterocycles. The quantitative estimate of drug-likeness (QED) is 0.409. The molecule has 1 unspecified atom stereocenters. The Bertz CT molecular complexity index is 512. The Morgan fingerprint density at radius 1 is 1.19 bits per heavy atom. The van der Waals surface area contributed by atoms with Crippen molar-refractivity contribution in [3.05, 3.63) is 12.2 Å². The first-order chi connectivity index (χ1) is 9.67. The lowest BCUT2D eigenvalue weighted by Gasteiger charge is -2.45. The van der Waals surface area contributed by atoms with Gasteiger partial charge in [0.25, 0.3) is 5.78 Å². The molecule has 116 valence electrons. The summed E-state index contributed by atoms with van der Waals surface area (Å²) in [4.78, 5) is 34.1. The third-order valence-electron chi connectivity index (χ3n) is 3.78. The molecule has 0 aromatic heterocycles. The van der Waals surface area contributed by atoms with Gasteiger partial charge >= 0.3 is 0 Å². The highest BCUT2D eigenvalue weighted by molar-refractivity contribution is 6.67. The van der Waals surface area contributed by atoms with Crippen LogP contribution in [0.3, 0.4) is 0 Å². The Morgan fingerprint density at radius 3 is 2.43 bits per heavy atom. The van der Waals surface area contributed by atoms with E-state index < -0.39 is 59.9 Å². The number of hydrogen-bond acceptors (Lipinski definition) is 8. The molecule has 1 fully saturated rings. The lowest BCUT2D eigenvalue weighted by atomic mass is 9.82. The van der Waals surface area contributed by atoms with Crippen LogP contribution in [0, 0.1) is 5.92 Å². The number of hydrogen-bond donors (Lipinski definition) is 4. The molecule has 2 rings (SSSR count). The third-order valence-corrected chi connectivity index (χ3v) is 3.78. The van der Waals surface area contributed by atoms with Crippen molar-refractivity contribution < 1.29 is 39.5 Å². The number of ketones is 3. The van der Waals surface area contributed by atoms with Crippen molar-refractivity contribution in [1.29, 1.82) is 0 Å². The molecule has 0 radical (unpaired) electrons. The molecular formula is C13H16O8. The highest BCUT2D eigenvalue weighted by Gasteiger charge is 2.53. The van der Waals surface area contributed by atoms with Crippen molar-refractivity contribution in [2.24, 2.45) is 5.92 Å². The first kappa shape index (κ1) is 15.9.